The minimum atomic E-state index is -0.393. The molecule has 1 aliphatic heterocycles. The van der Waals surface area contributed by atoms with E-state index in [1.54, 1.807) is 0 Å². The van der Waals surface area contributed by atoms with Gasteiger partial charge in [-0.2, -0.15) is 0 Å². The highest BCUT2D eigenvalue weighted by atomic mass is 35.5. The van der Waals surface area contributed by atoms with E-state index >= 15 is 0 Å². The maximum Gasteiger partial charge on any atom is 0.351 e. The molecule has 1 saturated heterocycles. The standard InChI is InChI=1S/C14H19ClN2O2S/c1-19-13(18)11-12(15)16-14(20-11)17-8-4-6-9-5-2-3-7-10(9)17/h9-10H,2-8H2,1H3. The third-order valence-electron chi connectivity index (χ3n) is 4.43. The fourth-order valence-corrected chi connectivity index (χ4v) is 4.78. The van der Waals surface area contributed by atoms with E-state index in [0.717, 1.165) is 17.6 Å². The molecule has 2 fully saturated rings. The van der Waals surface area contributed by atoms with Gasteiger partial charge in [0.1, 0.15) is 0 Å². The first-order valence-corrected chi connectivity index (χ1v) is 8.41. The lowest BCUT2D eigenvalue weighted by molar-refractivity contribution is 0.0606. The zero-order valence-electron chi connectivity index (χ0n) is 11.6. The summed E-state index contributed by atoms with van der Waals surface area (Å²) >= 11 is 7.45. The summed E-state index contributed by atoms with van der Waals surface area (Å²) < 4.78 is 4.75. The summed E-state index contributed by atoms with van der Waals surface area (Å²) in [5.41, 5.74) is 0. The van der Waals surface area contributed by atoms with Crippen LogP contribution in [0.5, 0.6) is 0 Å². The summed E-state index contributed by atoms with van der Waals surface area (Å²) in [7, 11) is 1.37. The normalized spacial score (nSPS) is 26.2. The van der Waals surface area contributed by atoms with Gasteiger partial charge in [0.25, 0.3) is 0 Å². The molecule has 0 radical (unpaired) electrons. The Morgan fingerprint density at radius 3 is 2.90 bits per heavy atom. The van der Waals surface area contributed by atoms with Gasteiger partial charge in [0.2, 0.25) is 0 Å². The van der Waals surface area contributed by atoms with Crippen LogP contribution in [0.3, 0.4) is 0 Å². The van der Waals surface area contributed by atoms with E-state index in [-0.39, 0.29) is 5.15 Å². The number of carbonyl (C=O) groups is 1. The van der Waals surface area contributed by atoms with Gasteiger partial charge in [-0.3, -0.25) is 0 Å². The summed E-state index contributed by atoms with van der Waals surface area (Å²) in [6.07, 6.45) is 7.72. The minimum absolute atomic E-state index is 0.273. The molecular formula is C14H19ClN2O2S. The van der Waals surface area contributed by atoms with Crippen LogP contribution in [-0.4, -0.2) is 30.6 Å². The van der Waals surface area contributed by atoms with E-state index in [1.807, 2.05) is 0 Å². The van der Waals surface area contributed by atoms with Crippen molar-refractivity contribution in [3.8, 4) is 0 Å². The first kappa shape index (κ1) is 14.1. The quantitative estimate of drug-likeness (QED) is 0.780. The topological polar surface area (TPSA) is 42.4 Å². The fourth-order valence-electron chi connectivity index (χ4n) is 3.49. The monoisotopic (exact) mass is 314 g/mol. The van der Waals surface area contributed by atoms with E-state index in [2.05, 4.69) is 9.88 Å². The number of esters is 1. The molecule has 20 heavy (non-hydrogen) atoms. The smallest absolute Gasteiger partial charge is 0.351 e. The Bertz CT molecular complexity index is 503. The van der Waals surface area contributed by atoms with Crippen LogP contribution in [-0.2, 0) is 4.74 Å². The van der Waals surface area contributed by atoms with Gasteiger partial charge in [-0.15, -0.1) is 0 Å². The van der Waals surface area contributed by atoms with E-state index in [4.69, 9.17) is 16.3 Å². The van der Waals surface area contributed by atoms with Crippen molar-refractivity contribution in [3.63, 3.8) is 0 Å². The van der Waals surface area contributed by atoms with Crippen LogP contribution < -0.4 is 4.90 Å². The number of fused-ring (bicyclic) bond motifs is 1. The molecule has 2 unspecified atom stereocenters. The molecule has 0 N–H and O–H groups in total. The molecule has 0 bridgehead atoms. The molecule has 2 aliphatic rings. The number of carbonyl (C=O) groups excluding carboxylic acids is 1. The summed E-state index contributed by atoms with van der Waals surface area (Å²) in [4.78, 5) is 18.9. The van der Waals surface area contributed by atoms with Crippen LogP contribution in [0.1, 0.15) is 48.2 Å². The van der Waals surface area contributed by atoms with Crippen molar-refractivity contribution < 1.29 is 9.53 Å². The first-order chi connectivity index (χ1) is 9.70. The minimum Gasteiger partial charge on any atom is -0.465 e. The number of halogens is 1. The molecule has 2 atom stereocenters. The number of hydrogen-bond donors (Lipinski definition) is 0. The van der Waals surface area contributed by atoms with Crippen molar-refractivity contribution in [1.29, 1.82) is 0 Å². The van der Waals surface area contributed by atoms with Crippen molar-refractivity contribution in [2.45, 2.75) is 44.6 Å². The summed E-state index contributed by atoms with van der Waals surface area (Å²) in [5.74, 6) is 0.387. The number of nitrogens with zero attached hydrogens (tertiary/aromatic N) is 2. The average molecular weight is 315 g/mol. The zero-order chi connectivity index (χ0) is 14.1. The molecule has 2 heterocycles. The molecule has 3 rings (SSSR count). The van der Waals surface area contributed by atoms with Crippen LogP contribution in [0.2, 0.25) is 5.15 Å². The van der Waals surface area contributed by atoms with Gasteiger partial charge < -0.3 is 9.64 Å². The number of hydrogen-bond acceptors (Lipinski definition) is 5. The predicted molar refractivity (Wildman–Crippen MR) is 80.8 cm³/mol. The average Bonchev–Trinajstić information content (AvgIpc) is 2.87. The maximum atomic E-state index is 11.7. The van der Waals surface area contributed by atoms with Crippen molar-refractivity contribution in [2.24, 2.45) is 5.92 Å². The number of piperidine rings is 1. The SMILES string of the molecule is COC(=O)c1sc(N2CCCC3CCCCC32)nc1Cl. The first-order valence-electron chi connectivity index (χ1n) is 7.22. The van der Waals surface area contributed by atoms with Crippen LogP contribution in [0.15, 0.2) is 0 Å². The second-order valence-electron chi connectivity index (χ2n) is 5.56. The highest BCUT2D eigenvalue weighted by molar-refractivity contribution is 7.18. The van der Waals surface area contributed by atoms with Gasteiger partial charge in [0, 0.05) is 12.6 Å². The molecule has 0 amide bonds. The molecule has 1 aliphatic carbocycles. The number of rotatable bonds is 2. The molecule has 1 aromatic heterocycles. The Morgan fingerprint density at radius 2 is 2.10 bits per heavy atom. The zero-order valence-corrected chi connectivity index (χ0v) is 13.2. The number of aromatic nitrogens is 1. The van der Waals surface area contributed by atoms with E-state index < -0.39 is 5.97 Å². The molecule has 6 heteroatoms. The van der Waals surface area contributed by atoms with Gasteiger partial charge in [0.05, 0.1) is 7.11 Å². The molecule has 4 nitrogen and oxygen atoms in total. The molecule has 1 aromatic rings. The Morgan fingerprint density at radius 1 is 1.35 bits per heavy atom. The summed E-state index contributed by atoms with van der Waals surface area (Å²) in [5, 5.41) is 1.15. The number of methoxy groups -OCH3 is 1. The summed E-state index contributed by atoms with van der Waals surface area (Å²) in [6, 6.07) is 0.574. The molecule has 0 spiro atoms. The highest BCUT2D eigenvalue weighted by Gasteiger charge is 2.35. The fraction of sp³-hybridized carbons (Fsp3) is 0.714. The Labute approximate surface area is 128 Å². The van der Waals surface area contributed by atoms with Crippen LogP contribution in [0, 0.1) is 5.92 Å². The van der Waals surface area contributed by atoms with E-state index in [9.17, 15) is 4.79 Å². The van der Waals surface area contributed by atoms with E-state index in [0.29, 0.717) is 10.9 Å². The second-order valence-corrected chi connectivity index (χ2v) is 6.89. The van der Waals surface area contributed by atoms with Crippen LogP contribution in [0.4, 0.5) is 5.13 Å². The number of ether oxygens (including phenoxy) is 1. The lowest BCUT2D eigenvalue weighted by atomic mass is 9.78. The second kappa shape index (κ2) is 5.90. The van der Waals surface area contributed by atoms with Crippen molar-refractivity contribution in [3.05, 3.63) is 10.0 Å². The Hall–Kier alpha value is -0.810. The van der Waals surface area contributed by atoms with Crippen molar-refractivity contribution in [2.75, 3.05) is 18.6 Å². The van der Waals surface area contributed by atoms with Crippen molar-refractivity contribution >= 4 is 34.0 Å². The third kappa shape index (κ3) is 2.53. The Kier molecular flexibility index (Phi) is 4.17. The van der Waals surface area contributed by atoms with Gasteiger partial charge in [-0.05, 0) is 31.6 Å². The predicted octanol–water partition coefficient (Wildman–Crippen LogP) is 3.74. The van der Waals surface area contributed by atoms with Gasteiger partial charge >= 0.3 is 5.97 Å². The maximum absolute atomic E-state index is 11.7. The summed E-state index contributed by atoms with van der Waals surface area (Å²) in [6.45, 7) is 1.02. The lowest BCUT2D eigenvalue weighted by Crippen LogP contribution is -2.46. The molecule has 110 valence electrons. The van der Waals surface area contributed by atoms with Gasteiger partial charge in [-0.25, -0.2) is 9.78 Å². The van der Waals surface area contributed by atoms with Gasteiger partial charge in [-0.1, -0.05) is 35.8 Å². The molecule has 0 aromatic carbocycles. The van der Waals surface area contributed by atoms with E-state index in [1.165, 1.54) is 57.0 Å². The van der Waals surface area contributed by atoms with Gasteiger partial charge in [0.15, 0.2) is 15.2 Å². The van der Waals surface area contributed by atoms with Crippen LogP contribution >= 0.6 is 22.9 Å². The van der Waals surface area contributed by atoms with Crippen LogP contribution in [0.25, 0.3) is 0 Å². The van der Waals surface area contributed by atoms with Crippen molar-refractivity contribution in [1.82, 2.24) is 4.98 Å². The molecule has 1 saturated carbocycles. The number of thiazole rings is 1. The highest BCUT2D eigenvalue weighted by Crippen LogP contribution is 2.40. The number of anilines is 1. The molecular weight excluding hydrogens is 296 g/mol. The lowest BCUT2D eigenvalue weighted by Gasteiger charge is -2.44. The Balaban J connectivity index is 1.86. The largest absolute Gasteiger partial charge is 0.465 e. The third-order valence-corrected chi connectivity index (χ3v) is 5.89.